The summed E-state index contributed by atoms with van der Waals surface area (Å²) in [6, 6.07) is 16.5. The lowest BCUT2D eigenvalue weighted by Crippen LogP contribution is -2.35. The third-order valence-corrected chi connectivity index (χ3v) is 8.87. The number of aromatic nitrogens is 2. The zero-order chi connectivity index (χ0) is 24.7. The average molecular weight is 492 g/mol. The van der Waals surface area contributed by atoms with Crippen LogP contribution in [-0.2, 0) is 16.6 Å². The summed E-state index contributed by atoms with van der Waals surface area (Å²) in [4.78, 5) is 0.181. The van der Waals surface area contributed by atoms with E-state index in [0.29, 0.717) is 31.0 Å². The van der Waals surface area contributed by atoms with E-state index >= 15 is 0 Å². The Hall–Kier alpha value is -3.36. The number of nitrogens with zero attached hydrogens (tertiary/aromatic N) is 3. The molecule has 0 unspecified atom stereocenters. The number of hydrogen-bond donors (Lipinski definition) is 0. The average Bonchev–Trinajstić information content (AvgIpc) is 3.35. The van der Waals surface area contributed by atoms with E-state index in [0.717, 1.165) is 23.4 Å². The number of hydrogen-bond acceptors (Lipinski definition) is 5. The molecule has 2 aromatic heterocycles. The van der Waals surface area contributed by atoms with Gasteiger partial charge in [0.2, 0.25) is 10.0 Å². The second kappa shape index (κ2) is 9.02. The normalized spacial score (nSPS) is 14.9. The summed E-state index contributed by atoms with van der Waals surface area (Å²) in [5.74, 6) is 1.17. The van der Waals surface area contributed by atoms with Crippen molar-refractivity contribution < 1.29 is 17.7 Å². The van der Waals surface area contributed by atoms with Crippen molar-refractivity contribution in [2.45, 2.75) is 38.6 Å². The Bertz CT molecular complexity index is 1530. The van der Waals surface area contributed by atoms with Crippen LogP contribution in [0.1, 0.15) is 34.7 Å². The van der Waals surface area contributed by atoms with Crippen LogP contribution in [0, 0.1) is 20.8 Å². The molecule has 0 atom stereocenters. The molecule has 0 amide bonds. The highest BCUT2D eigenvalue weighted by Crippen LogP contribution is 2.36. The predicted molar refractivity (Wildman–Crippen MR) is 136 cm³/mol. The Morgan fingerprint density at radius 2 is 1.89 bits per heavy atom. The summed E-state index contributed by atoms with van der Waals surface area (Å²) >= 11 is 0. The van der Waals surface area contributed by atoms with Crippen LogP contribution in [0.4, 0.5) is 0 Å². The molecule has 1 aliphatic heterocycles. The number of methoxy groups -OCH3 is 1. The molecule has 0 bridgehead atoms. The standard InChI is InChI=1S/C27H29N3O4S/c1-18-27(20(3)34-28-18)35(31,32)29-14-12-22(13-15-29)26-19(2)30(25-11-6-5-10-24(25)26)17-21-8-7-9-23(16-21)33-4/h5-12,16H,13-15,17H2,1-4H3. The van der Waals surface area contributed by atoms with E-state index in [2.05, 4.69) is 53.0 Å². The number of sulfonamides is 1. The molecule has 1 aliphatic rings. The van der Waals surface area contributed by atoms with E-state index in [-0.39, 0.29) is 4.90 Å². The third kappa shape index (κ3) is 4.06. The lowest BCUT2D eigenvalue weighted by molar-refractivity contribution is 0.389. The van der Waals surface area contributed by atoms with Crippen molar-refractivity contribution in [2.75, 3.05) is 20.2 Å². The van der Waals surface area contributed by atoms with Gasteiger partial charge in [-0.15, -0.1) is 0 Å². The molecule has 3 heterocycles. The van der Waals surface area contributed by atoms with Gasteiger partial charge in [-0.25, -0.2) is 8.42 Å². The summed E-state index contributed by atoms with van der Waals surface area (Å²) < 4.78 is 40.9. The fraction of sp³-hybridized carbons (Fsp3) is 0.296. The van der Waals surface area contributed by atoms with Crippen molar-refractivity contribution >= 4 is 26.5 Å². The van der Waals surface area contributed by atoms with Crippen molar-refractivity contribution in [3.8, 4) is 5.75 Å². The van der Waals surface area contributed by atoms with E-state index in [1.54, 1.807) is 21.0 Å². The van der Waals surface area contributed by atoms with E-state index in [1.165, 1.54) is 26.5 Å². The molecule has 0 N–H and O–H groups in total. The van der Waals surface area contributed by atoms with Gasteiger partial charge < -0.3 is 13.8 Å². The van der Waals surface area contributed by atoms with Gasteiger partial charge in [0.1, 0.15) is 16.3 Å². The van der Waals surface area contributed by atoms with Crippen LogP contribution in [0.5, 0.6) is 5.75 Å². The van der Waals surface area contributed by atoms with Gasteiger partial charge in [0, 0.05) is 41.8 Å². The topological polar surface area (TPSA) is 77.6 Å². The molecule has 5 rings (SSSR count). The SMILES string of the molecule is COc1cccc(Cn2c(C)c(C3=CCN(S(=O)(=O)c4c(C)noc4C)CC3)c3ccccc32)c1. The maximum atomic E-state index is 13.3. The molecule has 8 heteroatoms. The molecule has 0 spiro atoms. The Labute approximate surface area is 205 Å². The second-order valence-corrected chi connectivity index (χ2v) is 10.8. The maximum Gasteiger partial charge on any atom is 0.248 e. The monoisotopic (exact) mass is 491 g/mol. The Kier molecular flexibility index (Phi) is 6.02. The van der Waals surface area contributed by atoms with E-state index in [1.807, 2.05) is 18.2 Å². The summed E-state index contributed by atoms with van der Waals surface area (Å²) in [6.45, 7) is 6.89. The molecule has 0 radical (unpaired) electrons. The van der Waals surface area contributed by atoms with Crippen LogP contribution in [0.15, 0.2) is 64.0 Å². The van der Waals surface area contributed by atoms with E-state index in [4.69, 9.17) is 9.26 Å². The van der Waals surface area contributed by atoms with Gasteiger partial charge in [0.25, 0.3) is 0 Å². The van der Waals surface area contributed by atoms with Crippen molar-refractivity contribution in [1.29, 1.82) is 0 Å². The third-order valence-electron chi connectivity index (χ3n) is 6.76. The first-order chi connectivity index (χ1) is 16.8. The highest BCUT2D eigenvalue weighted by Gasteiger charge is 2.32. The smallest absolute Gasteiger partial charge is 0.248 e. The minimum atomic E-state index is -3.66. The number of ether oxygens (including phenoxy) is 1. The molecule has 182 valence electrons. The Balaban J connectivity index is 1.50. The van der Waals surface area contributed by atoms with Gasteiger partial charge in [0.15, 0.2) is 5.76 Å². The van der Waals surface area contributed by atoms with Crippen molar-refractivity contribution in [2.24, 2.45) is 0 Å². The lowest BCUT2D eigenvalue weighted by Gasteiger charge is -2.26. The number of rotatable bonds is 6. The summed E-state index contributed by atoms with van der Waals surface area (Å²) in [6.07, 6.45) is 2.68. The molecule has 0 fully saturated rings. The minimum absolute atomic E-state index is 0.181. The largest absolute Gasteiger partial charge is 0.497 e. The van der Waals surface area contributed by atoms with Crippen LogP contribution in [-0.4, -0.2) is 42.6 Å². The highest BCUT2D eigenvalue weighted by atomic mass is 32.2. The van der Waals surface area contributed by atoms with Crippen LogP contribution in [0.3, 0.4) is 0 Å². The number of benzene rings is 2. The van der Waals surface area contributed by atoms with Crippen LogP contribution in [0.25, 0.3) is 16.5 Å². The predicted octanol–water partition coefficient (Wildman–Crippen LogP) is 5.09. The number of para-hydroxylation sites is 1. The van der Waals surface area contributed by atoms with Crippen molar-refractivity contribution in [3.63, 3.8) is 0 Å². The quantitative estimate of drug-likeness (QED) is 0.375. The van der Waals surface area contributed by atoms with Gasteiger partial charge in [-0.2, -0.15) is 4.31 Å². The summed E-state index contributed by atoms with van der Waals surface area (Å²) in [5.41, 5.74) is 6.26. The second-order valence-electron chi connectivity index (χ2n) is 8.91. The fourth-order valence-electron chi connectivity index (χ4n) is 5.06. The maximum absolute atomic E-state index is 13.3. The molecule has 4 aromatic rings. The molecule has 7 nitrogen and oxygen atoms in total. The molecule has 0 saturated carbocycles. The first-order valence-electron chi connectivity index (χ1n) is 11.6. The van der Waals surface area contributed by atoms with Crippen LogP contribution in [0.2, 0.25) is 0 Å². The summed E-state index contributed by atoms with van der Waals surface area (Å²) in [5, 5.41) is 5.01. The van der Waals surface area contributed by atoms with Crippen LogP contribution < -0.4 is 4.74 Å². The van der Waals surface area contributed by atoms with Gasteiger partial charge in [-0.1, -0.05) is 41.6 Å². The highest BCUT2D eigenvalue weighted by molar-refractivity contribution is 7.89. The fourth-order valence-corrected chi connectivity index (χ4v) is 6.73. The Morgan fingerprint density at radius 3 is 2.57 bits per heavy atom. The molecule has 35 heavy (non-hydrogen) atoms. The molecular formula is C27H29N3O4S. The van der Waals surface area contributed by atoms with Crippen molar-refractivity contribution in [3.05, 3.63) is 82.9 Å². The van der Waals surface area contributed by atoms with E-state index in [9.17, 15) is 8.42 Å². The van der Waals surface area contributed by atoms with Gasteiger partial charge in [0.05, 0.1) is 7.11 Å². The first-order valence-corrected chi connectivity index (χ1v) is 13.1. The summed E-state index contributed by atoms with van der Waals surface area (Å²) in [7, 11) is -1.99. The van der Waals surface area contributed by atoms with Gasteiger partial charge in [-0.05, 0) is 56.5 Å². The molecular weight excluding hydrogens is 462 g/mol. The zero-order valence-electron chi connectivity index (χ0n) is 20.4. The van der Waals surface area contributed by atoms with Gasteiger partial charge >= 0.3 is 0 Å². The van der Waals surface area contributed by atoms with E-state index < -0.39 is 10.0 Å². The molecule has 0 aliphatic carbocycles. The molecule has 0 saturated heterocycles. The Morgan fingerprint density at radius 1 is 1.09 bits per heavy atom. The zero-order valence-corrected chi connectivity index (χ0v) is 21.2. The number of aryl methyl sites for hydroxylation is 2. The minimum Gasteiger partial charge on any atom is -0.497 e. The first kappa shape index (κ1) is 23.4. The molecule has 2 aromatic carbocycles. The lowest BCUT2D eigenvalue weighted by atomic mass is 9.97. The van der Waals surface area contributed by atoms with Crippen LogP contribution >= 0.6 is 0 Å². The van der Waals surface area contributed by atoms with Crippen molar-refractivity contribution in [1.82, 2.24) is 14.0 Å². The van der Waals surface area contributed by atoms with Gasteiger partial charge in [-0.3, -0.25) is 0 Å². The number of fused-ring (bicyclic) bond motifs is 1.